The molecule has 51 valence electrons. The van der Waals surface area contributed by atoms with E-state index in [1.807, 2.05) is 0 Å². The third-order valence-corrected chi connectivity index (χ3v) is 0. The van der Waals surface area contributed by atoms with E-state index < -0.39 is 0.881 Å². The van der Waals surface area contributed by atoms with Crippen molar-refractivity contribution >= 4 is 81.0 Å². The molecular weight excluding hydrogens is 672 g/mol. The van der Waals surface area contributed by atoms with Crippen LogP contribution in [0, 0.1) is 0 Å². The van der Waals surface area contributed by atoms with Crippen molar-refractivity contribution in [2.75, 3.05) is 0 Å². The molecule has 0 amide bonds. The van der Waals surface area contributed by atoms with Crippen molar-refractivity contribution in [1.82, 2.24) is 0 Å². The van der Waals surface area contributed by atoms with Crippen LogP contribution in [0.1, 0.15) is 0 Å². The van der Waals surface area contributed by atoms with Gasteiger partial charge in [-0.2, -0.15) is 0 Å². The number of halogens is 6. The molecule has 0 rings (SSSR count). The number of rotatable bonds is 0. The van der Waals surface area contributed by atoms with E-state index in [-0.39, 0.29) is 0 Å². The van der Waals surface area contributed by atoms with Crippen LogP contribution < -0.4 is 0 Å². The van der Waals surface area contributed by atoms with Gasteiger partial charge in [0.1, 0.15) is 0 Å². The first kappa shape index (κ1) is 10.5. The van der Waals surface area contributed by atoms with Crippen molar-refractivity contribution in [2.24, 2.45) is 0 Å². The van der Waals surface area contributed by atoms with Crippen LogP contribution >= 0.6 is 81.0 Å². The molecule has 0 nitrogen and oxygen atoms in total. The summed E-state index contributed by atoms with van der Waals surface area (Å²) >= 11 is 20.1. The van der Waals surface area contributed by atoms with E-state index in [0.29, 0.717) is 0 Å². The summed E-state index contributed by atoms with van der Waals surface area (Å²) in [5.74, 6) is 0. The van der Waals surface area contributed by atoms with Gasteiger partial charge in [-0.25, -0.2) is 0 Å². The Morgan fingerprint density at radius 2 is 0.571 bits per heavy atom. The topological polar surface area (TPSA) is 0 Å². The quantitative estimate of drug-likeness (QED) is 0.338. The van der Waals surface area contributed by atoms with Crippen molar-refractivity contribution < 1.29 is 0.881 Å². The molecule has 0 aliphatic rings. The molecule has 0 fully saturated rings. The van der Waals surface area contributed by atoms with Gasteiger partial charge in [0.2, 0.25) is 0 Å². The zero-order valence-electron chi connectivity index (χ0n) is 2.60. The van der Waals surface area contributed by atoms with Gasteiger partial charge in [-0.15, -0.1) is 0 Å². The fraction of sp³-hybridized carbons (Fsp3) is 0. The second-order valence-corrected chi connectivity index (χ2v) is 158. The van der Waals surface area contributed by atoms with Gasteiger partial charge in [0.15, 0.2) is 0 Å². The minimum absolute atomic E-state index is 3.29. The normalized spacial score (nSPS) is 23.1. The predicted molar refractivity (Wildman–Crippen MR) is 53.6 cm³/mol. The summed E-state index contributed by atoms with van der Waals surface area (Å²) in [4.78, 5) is 0. The van der Waals surface area contributed by atoms with Crippen molar-refractivity contribution in [3.8, 4) is 0 Å². The molecule has 0 radical (unpaired) electrons. The van der Waals surface area contributed by atoms with Crippen molar-refractivity contribution in [1.29, 1.82) is 0 Å². The van der Waals surface area contributed by atoms with Crippen LogP contribution in [0.25, 0.3) is 0 Å². The Morgan fingerprint density at radius 1 is 0.571 bits per heavy atom. The third-order valence-electron chi connectivity index (χ3n) is 0. The molecule has 0 aromatic carbocycles. The number of hydrogen-bond acceptors (Lipinski definition) is 0. The Balaban J connectivity index is 4.43. The van der Waals surface area contributed by atoms with E-state index in [2.05, 4.69) is 81.0 Å². The molecule has 0 spiro atoms. The summed E-state index contributed by atoms with van der Waals surface area (Å²) in [6, 6.07) is 0. The molecule has 7 heavy (non-hydrogen) atoms. The zero-order valence-corrected chi connectivity index (χ0v) is 14.5. The first-order valence-electron chi connectivity index (χ1n) is 0.756. The average Bonchev–Trinajstić information content (AvgIpc) is 0.592. The molecule has 0 aromatic rings. The molecule has 7 heteroatoms. The van der Waals surface area contributed by atoms with Gasteiger partial charge in [0.25, 0.3) is 0 Å². The Labute approximate surface area is 79.8 Å². The van der Waals surface area contributed by atoms with Crippen LogP contribution in [0.3, 0.4) is 0 Å². The van der Waals surface area contributed by atoms with Gasteiger partial charge in [-0.05, 0) is 0 Å². The van der Waals surface area contributed by atoms with E-state index in [0.717, 1.165) is 0 Å². The fourth-order valence-electron chi connectivity index (χ4n) is 0. The Bertz CT molecular complexity index is 62.7. The van der Waals surface area contributed by atoms with Gasteiger partial charge in [0.05, 0.1) is 0 Å². The molecule has 0 saturated carbocycles. The van der Waals surface area contributed by atoms with Crippen LogP contribution in [0.15, 0.2) is 0 Å². The van der Waals surface area contributed by atoms with Crippen LogP contribution in [0.2, 0.25) is 0 Å². The summed E-state index contributed by atoms with van der Waals surface area (Å²) in [5.41, 5.74) is 0. The maximum absolute atomic E-state index is 3.35. The first-order valence-corrected chi connectivity index (χ1v) is 32.2. The van der Waals surface area contributed by atoms with E-state index in [1.165, 1.54) is 0 Å². The Morgan fingerprint density at radius 3 is 0.571 bits per heavy atom. The Hall–Kier alpha value is 3.53. The van der Waals surface area contributed by atoms with E-state index in [1.54, 1.807) is 0 Å². The monoisotopic (exact) mass is 666 g/mol. The zero-order chi connectivity index (χ0) is 6.41. The number of hydrogen-bond donors (Lipinski definition) is 0. The summed E-state index contributed by atoms with van der Waals surface area (Å²) in [5, 5.41) is 0. The molecule has 0 aliphatic carbocycles. The molecule has 0 aliphatic heterocycles. The van der Waals surface area contributed by atoms with Gasteiger partial charge in [-0.1, -0.05) is 0 Å². The maximum atomic E-state index is 3.35. The van der Waals surface area contributed by atoms with E-state index in [4.69, 9.17) is 0 Å². The van der Waals surface area contributed by atoms with Crippen LogP contribution in [-0.2, 0) is 0.881 Å². The van der Waals surface area contributed by atoms with Gasteiger partial charge in [0, 0.05) is 0 Å². The average molecular weight is 672 g/mol. The summed E-state index contributed by atoms with van der Waals surface area (Å²) in [6.45, 7) is 0. The molecule has 0 unspecified atom stereocenters. The van der Waals surface area contributed by atoms with Gasteiger partial charge >= 0.3 is 81.8 Å². The van der Waals surface area contributed by atoms with Crippen molar-refractivity contribution in [2.45, 2.75) is 0 Å². The summed E-state index contributed by atoms with van der Waals surface area (Å²) in [6.07, 6.45) is 0. The molecule has 0 atom stereocenters. The predicted octanol–water partition coefficient (Wildman–Crippen LogP) is 5.07. The second kappa shape index (κ2) is 2.02. The SMILES string of the molecule is [Br][Ir]([Br])([Br])([Br])([Br])[Br]. The molecule has 0 bridgehead atoms. The molecule has 0 heterocycles. The van der Waals surface area contributed by atoms with Crippen molar-refractivity contribution in [3.05, 3.63) is 0 Å². The second-order valence-electron chi connectivity index (χ2n) is 0.714. The van der Waals surface area contributed by atoms with Crippen LogP contribution in [0.5, 0.6) is 0 Å². The van der Waals surface area contributed by atoms with E-state index in [9.17, 15) is 0 Å². The van der Waals surface area contributed by atoms with Gasteiger partial charge in [-0.3, -0.25) is 0 Å². The van der Waals surface area contributed by atoms with Crippen LogP contribution in [-0.4, -0.2) is 0 Å². The summed E-state index contributed by atoms with van der Waals surface area (Å²) in [7, 11) is 0. The molecule has 0 aromatic heterocycles. The van der Waals surface area contributed by atoms with Crippen molar-refractivity contribution in [3.63, 3.8) is 0 Å². The summed E-state index contributed by atoms with van der Waals surface area (Å²) < 4.78 is -3.29. The standard InChI is InChI=1S/6BrH.Ir/h6*1H;/q;;;;;;+6/p-6. The minimum atomic E-state index is -3.29. The molecule has 0 N–H and O–H groups in total. The van der Waals surface area contributed by atoms with Crippen LogP contribution in [0.4, 0.5) is 0 Å². The third kappa shape index (κ3) is 43.4. The molecular formula is Br6Ir. The fourth-order valence-corrected chi connectivity index (χ4v) is 0. The first-order chi connectivity index (χ1) is 2.45. The van der Waals surface area contributed by atoms with Gasteiger partial charge < -0.3 is 0 Å². The molecule has 0 saturated heterocycles. The Kier molecular flexibility index (Phi) is 3.04. The van der Waals surface area contributed by atoms with E-state index >= 15 is 0 Å².